The predicted octanol–water partition coefficient (Wildman–Crippen LogP) is 4.11. The van der Waals surface area contributed by atoms with Gasteiger partial charge in [0.1, 0.15) is 5.84 Å². The Morgan fingerprint density at radius 1 is 1.44 bits per heavy atom. The van der Waals surface area contributed by atoms with Crippen molar-refractivity contribution in [2.24, 2.45) is 11.7 Å². The molecule has 3 N–H and O–H groups in total. The van der Waals surface area contributed by atoms with Crippen LogP contribution in [0.2, 0.25) is 0 Å². The number of benzene rings is 1. The zero-order valence-electron chi connectivity index (χ0n) is 14.4. The first-order valence-electron chi connectivity index (χ1n) is 8.23. The van der Waals surface area contributed by atoms with Gasteiger partial charge in [-0.25, -0.2) is 13.4 Å². The van der Waals surface area contributed by atoms with E-state index in [0.717, 1.165) is 12.1 Å². The number of rotatable bonds is 6. The number of hydrogen-bond acceptors (Lipinski definition) is 6. The van der Waals surface area contributed by atoms with Crippen LogP contribution >= 0.6 is 39.0 Å². The van der Waals surface area contributed by atoms with Crippen LogP contribution in [0.25, 0.3) is 11.0 Å². The molecule has 3 aromatic rings. The van der Waals surface area contributed by atoms with E-state index < -0.39 is 9.84 Å². The van der Waals surface area contributed by atoms with Gasteiger partial charge in [-0.3, -0.25) is 5.41 Å². The van der Waals surface area contributed by atoms with Crippen molar-refractivity contribution in [2.75, 3.05) is 6.26 Å². The fourth-order valence-electron chi connectivity index (χ4n) is 2.95. The van der Waals surface area contributed by atoms with Crippen molar-refractivity contribution in [2.45, 2.75) is 33.4 Å². The fraction of sp³-hybridized carbons (Fsp3) is 0.294. The number of imidazole rings is 1. The highest BCUT2D eigenvalue weighted by atomic mass is 79.9. The van der Waals surface area contributed by atoms with Gasteiger partial charge in [0.15, 0.2) is 0 Å². The lowest BCUT2D eigenvalue weighted by atomic mass is 10.3. The molecule has 1 fully saturated rings. The number of nitrogens with two attached hydrogens (primary N) is 1. The van der Waals surface area contributed by atoms with Gasteiger partial charge < -0.3 is 10.3 Å². The average Bonchev–Trinajstić information content (AvgIpc) is 3.16. The fourth-order valence-corrected chi connectivity index (χ4v) is 7.68. The van der Waals surface area contributed by atoms with E-state index in [-0.39, 0.29) is 15.6 Å². The van der Waals surface area contributed by atoms with Crippen molar-refractivity contribution >= 4 is 65.7 Å². The number of nitrogens with zero attached hydrogens (tertiary/aromatic N) is 2. The van der Waals surface area contributed by atoms with Crippen LogP contribution in [0.4, 0.5) is 0 Å². The summed E-state index contributed by atoms with van der Waals surface area (Å²) in [4.78, 5) is 5.24. The summed E-state index contributed by atoms with van der Waals surface area (Å²) in [6.07, 6.45) is 6.05. The highest BCUT2D eigenvalue weighted by molar-refractivity contribution is 9.10. The average molecular weight is 485 g/mol. The van der Waals surface area contributed by atoms with E-state index in [1.54, 1.807) is 18.5 Å². The first-order chi connectivity index (χ1) is 12.8. The summed E-state index contributed by atoms with van der Waals surface area (Å²) in [5.41, 5.74) is 7.11. The van der Waals surface area contributed by atoms with Crippen LogP contribution in [-0.2, 0) is 16.4 Å². The smallest absolute Gasteiger partial charge is 0.208 e. The number of nitrogens with one attached hydrogen (secondary N) is 1. The van der Waals surface area contributed by atoms with E-state index in [9.17, 15) is 8.42 Å². The molecule has 6 nitrogen and oxygen atoms in total. The van der Waals surface area contributed by atoms with Gasteiger partial charge in [-0.05, 0) is 59.1 Å². The summed E-state index contributed by atoms with van der Waals surface area (Å²) >= 11 is 6.09. The summed E-state index contributed by atoms with van der Waals surface area (Å²) in [5.74, 6) is 0.560. The molecule has 0 atom stereocenters. The van der Waals surface area contributed by atoms with Crippen molar-refractivity contribution in [3.8, 4) is 0 Å². The lowest BCUT2D eigenvalue weighted by Crippen LogP contribution is -2.09. The lowest BCUT2D eigenvalue weighted by Gasteiger charge is -2.08. The van der Waals surface area contributed by atoms with Crippen LogP contribution in [0.3, 0.4) is 0 Å². The summed E-state index contributed by atoms with van der Waals surface area (Å²) in [6, 6.07) is 4.74. The Hall–Kier alpha value is -1.36. The summed E-state index contributed by atoms with van der Waals surface area (Å²) in [6.45, 7) is 0.907. The van der Waals surface area contributed by atoms with Gasteiger partial charge in [0.05, 0.1) is 36.2 Å². The van der Waals surface area contributed by atoms with Crippen LogP contribution in [-0.4, -0.2) is 30.1 Å². The van der Waals surface area contributed by atoms with Gasteiger partial charge in [0.25, 0.3) is 0 Å². The number of thioether (sulfide) groups is 1. The Morgan fingerprint density at radius 3 is 2.81 bits per heavy atom. The molecule has 2 heterocycles. The largest absolute Gasteiger partial charge is 0.383 e. The van der Waals surface area contributed by atoms with Crippen molar-refractivity contribution in [1.29, 1.82) is 5.41 Å². The SMILES string of the molecule is CSc1sc(C(=N)N)cc1S(=O)(=O)c1cc(Br)c2c(c1)ncn2CC1CC1. The van der Waals surface area contributed by atoms with E-state index in [1.807, 2.05) is 6.26 Å². The third kappa shape index (κ3) is 3.43. The standard InChI is InChI=1S/C17H17BrN4O2S3/c1-25-17-14(6-13(26-17)16(19)20)27(23,24)10-4-11(18)15-12(5-10)21-8-22(15)7-9-2-3-9/h4-6,8-9H,2-3,7H2,1H3,(H3,19,20). The van der Waals surface area contributed by atoms with Crippen LogP contribution in [0, 0.1) is 11.3 Å². The second kappa shape index (κ2) is 6.91. The van der Waals surface area contributed by atoms with Gasteiger partial charge in [0, 0.05) is 11.0 Å². The molecular weight excluding hydrogens is 468 g/mol. The first-order valence-corrected chi connectivity index (χ1v) is 12.5. The number of fused-ring (bicyclic) bond motifs is 1. The number of aromatic nitrogens is 2. The van der Waals surface area contributed by atoms with E-state index in [2.05, 4.69) is 25.5 Å². The molecule has 0 saturated heterocycles. The minimum atomic E-state index is -3.75. The van der Waals surface area contributed by atoms with E-state index in [4.69, 9.17) is 11.1 Å². The maximum Gasteiger partial charge on any atom is 0.208 e. The van der Waals surface area contributed by atoms with Crippen LogP contribution in [0.5, 0.6) is 0 Å². The third-order valence-corrected chi connectivity index (χ3v) is 9.43. The number of sulfone groups is 1. The third-order valence-electron chi connectivity index (χ3n) is 4.51. The van der Waals surface area contributed by atoms with Crippen molar-refractivity contribution in [3.05, 3.63) is 33.9 Å². The molecule has 0 spiro atoms. The van der Waals surface area contributed by atoms with E-state index >= 15 is 0 Å². The molecular formula is C17H17BrN4O2S3. The molecule has 27 heavy (non-hydrogen) atoms. The molecule has 0 bridgehead atoms. The monoisotopic (exact) mass is 484 g/mol. The normalized spacial score (nSPS) is 14.7. The number of halogens is 1. The number of nitrogen functional groups attached to an aromatic ring is 1. The number of thiophene rings is 1. The number of amidine groups is 1. The van der Waals surface area contributed by atoms with Gasteiger partial charge in [-0.15, -0.1) is 23.1 Å². The Kier molecular flexibility index (Phi) is 4.86. The molecule has 1 saturated carbocycles. The molecule has 1 aromatic carbocycles. The highest BCUT2D eigenvalue weighted by Gasteiger charge is 2.27. The Bertz CT molecular complexity index is 1160. The zero-order valence-corrected chi connectivity index (χ0v) is 18.4. The summed E-state index contributed by atoms with van der Waals surface area (Å²) < 4.78 is 29.9. The molecule has 1 aliphatic carbocycles. The van der Waals surface area contributed by atoms with Gasteiger partial charge in [-0.1, -0.05) is 0 Å². The first kappa shape index (κ1) is 19.0. The summed E-state index contributed by atoms with van der Waals surface area (Å²) in [5, 5.41) is 7.60. The molecule has 10 heteroatoms. The molecule has 4 rings (SSSR count). The van der Waals surface area contributed by atoms with Gasteiger partial charge in [-0.2, -0.15) is 0 Å². The predicted molar refractivity (Wildman–Crippen MR) is 113 cm³/mol. The minimum Gasteiger partial charge on any atom is -0.383 e. The second-order valence-corrected chi connectivity index (χ2v) is 11.4. The van der Waals surface area contributed by atoms with Crippen molar-refractivity contribution in [1.82, 2.24) is 9.55 Å². The van der Waals surface area contributed by atoms with E-state index in [0.29, 0.717) is 25.0 Å². The van der Waals surface area contributed by atoms with Crippen LogP contribution < -0.4 is 5.73 Å². The maximum atomic E-state index is 13.3. The number of hydrogen-bond donors (Lipinski definition) is 2. The topological polar surface area (TPSA) is 102 Å². The molecule has 142 valence electrons. The second-order valence-electron chi connectivity index (χ2n) is 6.50. The molecule has 0 radical (unpaired) electrons. The van der Waals surface area contributed by atoms with E-state index in [1.165, 1.54) is 42.0 Å². The molecule has 2 aromatic heterocycles. The molecule has 0 amide bonds. The summed E-state index contributed by atoms with van der Waals surface area (Å²) in [7, 11) is -3.75. The highest BCUT2D eigenvalue weighted by Crippen LogP contribution is 2.39. The Balaban J connectivity index is 1.82. The van der Waals surface area contributed by atoms with Gasteiger partial charge in [0.2, 0.25) is 9.84 Å². The molecule has 0 unspecified atom stereocenters. The maximum absolute atomic E-state index is 13.3. The van der Waals surface area contributed by atoms with Crippen LogP contribution in [0.1, 0.15) is 17.7 Å². The Morgan fingerprint density at radius 2 is 2.19 bits per heavy atom. The van der Waals surface area contributed by atoms with Crippen molar-refractivity contribution in [3.63, 3.8) is 0 Å². The van der Waals surface area contributed by atoms with Crippen molar-refractivity contribution < 1.29 is 8.42 Å². The molecule has 0 aliphatic heterocycles. The zero-order chi connectivity index (χ0) is 19.3. The van der Waals surface area contributed by atoms with Gasteiger partial charge >= 0.3 is 0 Å². The molecule has 1 aliphatic rings. The lowest BCUT2D eigenvalue weighted by molar-refractivity contribution is 0.595. The van der Waals surface area contributed by atoms with Crippen LogP contribution in [0.15, 0.2) is 43.0 Å². The quantitative estimate of drug-likeness (QED) is 0.311. The minimum absolute atomic E-state index is 0.132. The Labute approximate surface area is 173 Å².